The number of nitrogens with two attached hydrogens (primary N) is 1. The van der Waals surface area contributed by atoms with Gasteiger partial charge in [0.15, 0.2) is 0 Å². The predicted molar refractivity (Wildman–Crippen MR) is 55.5 cm³/mol. The van der Waals surface area contributed by atoms with Crippen LogP contribution in [0.3, 0.4) is 0 Å². The number of hydrogen-bond acceptors (Lipinski definition) is 3. The van der Waals surface area contributed by atoms with Gasteiger partial charge in [0.2, 0.25) is 0 Å². The molecule has 1 unspecified atom stereocenters. The number of carbonyl (C=O) groups is 1. The van der Waals surface area contributed by atoms with Gasteiger partial charge in [0.05, 0.1) is 11.0 Å². The van der Waals surface area contributed by atoms with E-state index < -0.39 is 5.60 Å². The van der Waals surface area contributed by atoms with Crippen molar-refractivity contribution in [3.05, 3.63) is 0 Å². The number of ether oxygens (including phenoxy) is 1. The minimum atomic E-state index is -0.848. The van der Waals surface area contributed by atoms with Crippen LogP contribution in [0.1, 0.15) is 20.8 Å². The van der Waals surface area contributed by atoms with E-state index in [1.807, 2.05) is 0 Å². The van der Waals surface area contributed by atoms with E-state index in [0.29, 0.717) is 0 Å². The summed E-state index contributed by atoms with van der Waals surface area (Å²) in [5, 5.41) is 2.64. The summed E-state index contributed by atoms with van der Waals surface area (Å²) in [6.07, 6.45) is 0. The monoisotopic (exact) mass is 204 g/mol. The Labute approximate surface area is 83.8 Å². The highest BCUT2D eigenvalue weighted by Crippen LogP contribution is 2.07. The first-order chi connectivity index (χ1) is 5.81. The number of methoxy groups -OCH3 is 1. The zero-order valence-electron chi connectivity index (χ0n) is 8.38. The molecule has 0 spiro atoms. The third kappa shape index (κ3) is 3.69. The molecule has 0 bridgehead atoms. The second-order valence-corrected chi connectivity index (χ2v) is 3.78. The van der Waals surface area contributed by atoms with Crippen LogP contribution in [-0.2, 0) is 9.53 Å². The zero-order chi connectivity index (χ0) is 10.6. The van der Waals surface area contributed by atoms with Gasteiger partial charge in [-0.3, -0.25) is 4.79 Å². The van der Waals surface area contributed by atoms with Crippen LogP contribution in [0, 0.1) is 0 Å². The summed E-state index contributed by atoms with van der Waals surface area (Å²) in [4.78, 5) is 11.7. The molecule has 0 aliphatic carbocycles. The minimum Gasteiger partial charge on any atom is -0.392 e. The van der Waals surface area contributed by atoms with E-state index in [1.54, 1.807) is 20.8 Å². The van der Waals surface area contributed by atoms with Crippen LogP contribution in [0.2, 0.25) is 0 Å². The summed E-state index contributed by atoms with van der Waals surface area (Å²) < 4.78 is 4.98. The van der Waals surface area contributed by atoms with Crippen molar-refractivity contribution in [1.82, 2.24) is 5.32 Å². The van der Waals surface area contributed by atoms with Gasteiger partial charge >= 0.3 is 0 Å². The van der Waals surface area contributed by atoms with Crippen LogP contribution < -0.4 is 11.1 Å². The summed E-state index contributed by atoms with van der Waals surface area (Å²) in [5.41, 5.74) is 4.50. The molecule has 0 aliphatic rings. The second kappa shape index (κ2) is 4.53. The summed E-state index contributed by atoms with van der Waals surface area (Å²) in [7, 11) is 1.48. The van der Waals surface area contributed by atoms with E-state index in [0.717, 1.165) is 0 Å². The lowest BCUT2D eigenvalue weighted by atomic mass is 10.1. The lowest BCUT2D eigenvalue weighted by Crippen LogP contribution is -2.50. The van der Waals surface area contributed by atoms with Gasteiger partial charge in [0.1, 0.15) is 5.60 Å². The number of carbonyl (C=O) groups excluding carboxylic acids is 1. The summed E-state index contributed by atoms with van der Waals surface area (Å²) >= 11 is 4.72. The molecular weight excluding hydrogens is 188 g/mol. The molecule has 0 heterocycles. The van der Waals surface area contributed by atoms with Crippen LogP contribution in [0.5, 0.6) is 0 Å². The van der Waals surface area contributed by atoms with Crippen LogP contribution >= 0.6 is 12.2 Å². The van der Waals surface area contributed by atoms with Crippen LogP contribution in [0.25, 0.3) is 0 Å². The van der Waals surface area contributed by atoms with Crippen molar-refractivity contribution in [3.63, 3.8) is 0 Å². The van der Waals surface area contributed by atoms with Gasteiger partial charge in [0, 0.05) is 7.11 Å². The van der Waals surface area contributed by atoms with E-state index in [2.05, 4.69) is 5.32 Å². The maximum absolute atomic E-state index is 11.5. The van der Waals surface area contributed by atoms with Crippen LogP contribution in [-0.4, -0.2) is 29.6 Å². The average molecular weight is 204 g/mol. The maximum Gasteiger partial charge on any atom is 0.252 e. The molecule has 1 amide bonds. The Balaban J connectivity index is 4.23. The Morgan fingerprint density at radius 2 is 2.08 bits per heavy atom. The molecule has 0 fully saturated rings. The molecule has 1 atom stereocenters. The summed E-state index contributed by atoms with van der Waals surface area (Å²) in [6, 6.07) is -0.308. The smallest absolute Gasteiger partial charge is 0.252 e. The van der Waals surface area contributed by atoms with Crippen molar-refractivity contribution in [3.8, 4) is 0 Å². The van der Waals surface area contributed by atoms with E-state index in [1.165, 1.54) is 7.11 Å². The molecule has 0 aromatic carbocycles. The molecule has 0 saturated heterocycles. The van der Waals surface area contributed by atoms with Crippen molar-refractivity contribution in [2.45, 2.75) is 32.4 Å². The highest BCUT2D eigenvalue weighted by Gasteiger charge is 2.28. The Hall–Kier alpha value is -0.680. The Bertz CT molecular complexity index is 216. The van der Waals surface area contributed by atoms with Crippen LogP contribution in [0.15, 0.2) is 0 Å². The fourth-order valence-electron chi connectivity index (χ4n) is 0.534. The van der Waals surface area contributed by atoms with Crippen molar-refractivity contribution in [2.24, 2.45) is 5.73 Å². The quantitative estimate of drug-likeness (QED) is 0.642. The standard InChI is InChI=1S/C8H16N2O2S/c1-5(6(9)13)10-7(11)8(2,3)12-4/h5H,1-4H3,(H2,9,13)(H,10,11). The van der Waals surface area contributed by atoms with Crippen molar-refractivity contribution in [2.75, 3.05) is 7.11 Å². The van der Waals surface area contributed by atoms with Crippen molar-refractivity contribution >= 4 is 23.1 Å². The summed E-state index contributed by atoms with van der Waals surface area (Å²) in [6.45, 7) is 5.08. The third-order valence-electron chi connectivity index (χ3n) is 1.83. The van der Waals surface area contributed by atoms with Crippen molar-refractivity contribution < 1.29 is 9.53 Å². The van der Waals surface area contributed by atoms with Gasteiger partial charge in [-0.1, -0.05) is 12.2 Å². The molecule has 4 nitrogen and oxygen atoms in total. The Morgan fingerprint density at radius 1 is 1.62 bits per heavy atom. The first-order valence-electron chi connectivity index (χ1n) is 3.96. The molecule has 5 heteroatoms. The first kappa shape index (κ1) is 12.3. The van der Waals surface area contributed by atoms with Crippen LogP contribution in [0.4, 0.5) is 0 Å². The second-order valence-electron chi connectivity index (χ2n) is 3.31. The molecule has 0 saturated carbocycles. The number of thiocarbonyl (C=S) groups is 1. The third-order valence-corrected chi connectivity index (χ3v) is 2.19. The Kier molecular flexibility index (Phi) is 4.29. The molecule has 0 aliphatic heterocycles. The number of rotatable bonds is 4. The van der Waals surface area contributed by atoms with Gasteiger partial charge in [-0.2, -0.15) is 0 Å². The van der Waals surface area contributed by atoms with Gasteiger partial charge < -0.3 is 15.8 Å². The van der Waals surface area contributed by atoms with E-state index in [4.69, 9.17) is 22.7 Å². The van der Waals surface area contributed by atoms with E-state index in [9.17, 15) is 4.79 Å². The van der Waals surface area contributed by atoms with Crippen molar-refractivity contribution in [1.29, 1.82) is 0 Å². The molecule has 0 rings (SSSR count). The lowest BCUT2D eigenvalue weighted by Gasteiger charge is -2.23. The molecule has 0 aromatic rings. The maximum atomic E-state index is 11.5. The van der Waals surface area contributed by atoms with Gasteiger partial charge in [-0.05, 0) is 20.8 Å². The molecule has 13 heavy (non-hydrogen) atoms. The highest BCUT2D eigenvalue weighted by atomic mass is 32.1. The number of nitrogens with one attached hydrogen (secondary N) is 1. The minimum absolute atomic E-state index is 0.227. The fourth-order valence-corrected chi connectivity index (χ4v) is 0.593. The largest absolute Gasteiger partial charge is 0.392 e. The van der Waals surface area contributed by atoms with E-state index >= 15 is 0 Å². The zero-order valence-corrected chi connectivity index (χ0v) is 9.20. The molecule has 0 radical (unpaired) electrons. The normalized spacial score (nSPS) is 13.5. The number of amides is 1. The molecule has 0 aromatic heterocycles. The molecule has 3 N–H and O–H groups in total. The fraction of sp³-hybridized carbons (Fsp3) is 0.750. The average Bonchev–Trinajstić information content (AvgIpc) is 2.04. The van der Waals surface area contributed by atoms with Gasteiger partial charge in [-0.15, -0.1) is 0 Å². The highest BCUT2D eigenvalue weighted by molar-refractivity contribution is 7.80. The lowest BCUT2D eigenvalue weighted by molar-refractivity contribution is -0.139. The molecular formula is C8H16N2O2S. The van der Waals surface area contributed by atoms with Gasteiger partial charge in [0.25, 0.3) is 5.91 Å². The molecule has 76 valence electrons. The predicted octanol–water partition coefficient (Wildman–Crippen LogP) is 0.202. The first-order valence-corrected chi connectivity index (χ1v) is 4.37. The van der Waals surface area contributed by atoms with E-state index in [-0.39, 0.29) is 16.9 Å². The number of hydrogen-bond donors (Lipinski definition) is 2. The van der Waals surface area contributed by atoms with Gasteiger partial charge in [-0.25, -0.2) is 0 Å². The SMILES string of the molecule is COC(C)(C)C(=O)NC(C)C(N)=S. The topological polar surface area (TPSA) is 64.3 Å². The summed E-state index contributed by atoms with van der Waals surface area (Å²) in [5.74, 6) is -0.227. The Morgan fingerprint density at radius 3 is 2.38 bits per heavy atom.